The van der Waals surface area contributed by atoms with Crippen LogP contribution in [0.3, 0.4) is 0 Å². The van der Waals surface area contributed by atoms with Crippen molar-refractivity contribution in [3.8, 4) is 0 Å². The Balaban J connectivity index is 1.84. The van der Waals surface area contributed by atoms with Gasteiger partial charge < -0.3 is 5.73 Å². The molecule has 1 saturated carbocycles. The van der Waals surface area contributed by atoms with Crippen molar-refractivity contribution in [3.63, 3.8) is 0 Å². The smallest absolute Gasteiger partial charge is 0.0121 e. The van der Waals surface area contributed by atoms with Gasteiger partial charge in [-0.2, -0.15) is 0 Å². The molecule has 1 aliphatic heterocycles. The summed E-state index contributed by atoms with van der Waals surface area (Å²) in [6.07, 6.45) is 8.35. The van der Waals surface area contributed by atoms with E-state index in [2.05, 4.69) is 11.8 Å². The first-order valence-electron chi connectivity index (χ1n) is 6.79. The molecule has 1 heterocycles. The van der Waals surface area contributed by atoms with E-state index in [1.165, 1.54) is 51.6 Å². The quantitative estimate of drug-likeness (QED) is 0.754. The molecule has 0 spiro atoms. The minimum absolute atomic E-state index is 0.874. The second-order valence-electron chi connectivity index (χ2n) is 5.39. The topological polar surface area (TPSA) is 29.3 Å². The average molecular weight is 210 g/mol. The van der Waals surface area contributed by atoms with Crippen LogP contribution < -0.4 is 5.73 Å². The van der Waals surface area contributed by atoms with Gasteiger partial charge in [-0.05, 0) is 63.5 Å². The molecule has 2 aliphatic rings. The first-order chi connectivity index (χ1) is 7.35. The Morgan fingerprint density at radius 3 is 2.73 bits per heavy atom. The number of hydrogen-bond donors (Lipinski definition) is 1. The van der Waals surface area contributed by atoms with Crippen molar-refractivity contribution in [3.05, 3.63) is 0 Å². The number of nitrogens with zero attached hydrogens (tertiary/aromatic N) is 1. The van der Waals surface area contributed by atoms with Crippen LogP contribution in [-0.4, -0.2) is 30.6 Å². The van der Waals surface area contributed by atoms with Crippen molar-refractivity contribution in [2.45, 2.75) is 51.5 Å². The predicted octanol–water partition coefficient (Wildman–Crippen LogP) is 2.24. The fraction of sp³-hybridized carbons (Fsp3) is 1.00. The van der Waals surface area contributed by atoms with Crippen LogP contribution in [0.25, 0.3) is 0 Å². The van der Waals surface area contributed by atoms with Crippen LogP contribution >= 0.6 is 0 Å². The van der Waals surface area contributed by atoms with Crippen molar-refractivity contribution in [2.75, 3.05) is 19.6 Å². The zero-order valence-corrected chi connectivity index (χ0v) is 10.1. The summed E-state index contributed by atoms with van der Waals surface area (Å²) < 4.78 is 0. The molecule has 2 unspecified atom stereocenters. The molecule has 2 rings (SSSR count). The molecule has 0 aromatic carbocycles. The van der Waals surface area contributed by atoms with Crippen molar-refractivity contribution >= 4 is 0 Å². The van der Waals surface area contributed by atoms with Gasteiger partial charge in [0.2, 0.25) is 0 Å². The lowest BCUT2D eigenvalue weighted by Gasteiger charge is -2.38. The van der Waals surface area contributed by atoms with Crippen LogP contribution in [0.2, 0.25) is 0 Å². The second-order valence-corrected chi connectivity index (χ2v) is 5.39. The van der Waals surface area contributed by atoms with Gasteiger partial charge in [-0.15, -0.1) is 0 Å². The summed E-state index contributed by atoms with van der Waals surface area (Å²) in [5.74, 6) is 1.92. The average Bonchev–Trinajstić information content (AvgIpc) is 3.04. The highest BCUT2D eigenvalue weighted by Crippen LogP contribution is 2.38. The predicted molar refractivity (Wildman–Crippen MR) is 64.8 cm³/mol. The van der Waals surface area contributed by atoms with Crippen LogP contribution in [0.15, 0.2) is 0 Å². The first-order valence-corrected chi connectivity index (χ1v) is 6.79. The van der Waals surface area contributed by atoms with E-state index < -0.39 is 0 Å². The molecule has 2 atom stereocenters. The Bertz CT molecular complexity index is 187. The van der Waals surface area contributed by atoms with Crippen molar-refractivity contribution in [2.24, 2.45) is 17.6 Å². The fourth-order valence-electron chi connectivity index (χ4n) is 3.24. The summed E-state index contributed by atoms with van der Waals surface area (Å²) in [5, 5.41) is 0. The lowest BCUT2D eigenvalue weighted by Crippen LogP contribution is -2.43. The molecule has 1 aliphatic carbocycles. The van der Waals surface area contributed by atoms with Gasteiger partial charge in [-0.3, -0.25) is 4.90 Å². The highest BCUT2D eigenvalue weighted by Gasteiger charge is 2.35. The Labute approximate surface area is 94.2 Å². The molecular formula is C13H26N2. The van der Waals surface area contributed by atoms with Crippen LogP contribution in [0.1, 0.15) is 45.4 Å². The van der Waals surface area contributed by atoms with Crippen molar-refractivity contribution in [1.29, 1.82) is 0 Å². The molecule has 88 valence electrons. The van der Waals surface area contributed by atoms with Gasteiger partial charge in [0, 0.05) is 12.6 Å². The summed E-state index contributed by atoms with van der Waals surface area (Å²) in [5.41, 5.74) is 5.67. The van der Waals surface area contributed by atoms with Gasteiger partial charge in [0.15, 0.2) is 0 Å². The molecule has 2 nitrogen and oxygen atoms in total. The number of likely N-dealkylation sites (tertiary alicyclic amines) is 1. The summed E-state index contributed by atoms with van der Waals surface area (Å²) in [6.45, 7) is 5.90. The summed E-state index contributed by atoms with van der Waals surface area (Å²) in [6, 6.07) is 0.894. The van der Waals surface area contributed by atoms with Crippen LogP contribution in [0.5, 0.6) is 0 Å². The van der Waals surface area contributed by atoms with Crippen molar-refractivity contribution < 1.29 is 0 Å². The lowest BCUT2D eigenvalue weighted by atomic mass is 9.92. The zero-order valence-electron chi connectivity index (χ0n) is 10.1. The number of rotatable bonds is 5. The van der Waals surface area contributed by atoms with Crippen molar-refractivity contribution in [1.82, 2.24) is 4.90 Å². The lowest BCUT2D eigenvalue weighted by molar-refractivity contribution is 0.104. The maximum Gasteiger partial charge on any atom is 0.0121 e. The van der Waals surface area contributed by atoms with E-state index in [0.29, 0.717) is 0 Å². The maximum absolute atomic E-state index is 5.67. The van der Waals surface area contributed by atoms with Crippen LogP contribution in [0.4, 0.5) is 0 Å². The molecule has 0 bridgehead atoms. The third kappa shape index (κ3) is 2.94. The summed E-state index contributed by atoms with van der Waals surface area (Å²) >= 11 is 0. The molecule has 2 N–H and O–H groups in total. The van der Waals surface area contributed by atoms with Gasteiger partial charge in [-0.1, -0.05) is 6.92 Å². The largest absolute Gasteiger partial charge is 0.330 e. The SMILES string of the molecule is CCC(C1CC1)N1CCCC(CCN)C1. The molecule has 0 aromatic heterocycles. The molecule has 1 saturated heterocycles. The van der Waals surface area contributed by atoms with E-state index in [-0.39, 0.29) is 0 Å². The Kier molecular flexibility index (Phi) is 4.04. The van der Waals surface area contributed by atoms with Gasteiger partial charge >= 0.3 is 0 Å². The van der Waals surface area contributed by atoms with E-state index in [1.807, 2.05) is 0 Å². The second kappa shape index (κ2) is 5.31. The highest BCUT2D eigenvalue weighted by atomic mass is 15.2. The standard InChI is InChI=1S/C13H26N2/c1-2-13(12-5-6-12)15-9-3-4-11(10-15)7-8-14/h11-13H,2-10,14H2,1H3. The van der Waals surface area contributed by atoms with E-state index in [4.69, 9.17) is 5.73 Å². The summed E-state index contributed by atoms with van der Waals surface area (Å²) in [7, 11) is 0. The Morgan fingerprint density at radius 1 is 1.33 bits per heavy atom. The zero-order chi connectivity index (χ0) is 10.7. The number of piperidine rings is 1. The molecular weight excluding hydrogens is 184 g/mol. The molecule has 15 heavy (non-hydrogen) atoms. The summed E-state index contributed by atoms with van der Waals surface area (Å²) in [4.78, 5) is 2.77. The molecule has 0 radical (unpaired) electrons. The fourth-order valence-corrected chi connectivity index (χ4v) is 3.24. The molecule has 0 aromatic rings. The minimum Gasteiger partial charge on any atom is -0.330 e. The van der Waals surface area contributed by atoms with E-state index in [9.17, 15) is 0 Å². The van der Waals surface area contributed by atoms with E-state index in [0.717, 1.165) is 24.4 Å². The Morgan fingerprint density at radius 2 is 2.13 bits per heavy atom. The molecule has 0 amide bonds. The molecule has 2 heteroatoms. The van der Waals surface area contributed by atoms with Gasteiger partial charge in [0.25, 0.3) is 0 Å². The monoisotopic (exact) mass is 210 g/mol. The highest BCUT2D eigenvalue weighted by molar-refractivity contribution is 4.89. The van der Waals surface area contributed by atoms with Crippen LogP contribution in [0, 0.1) is 11.8 Å². The third-order valence-electron chi connectivity index (χ3n) is 4.18. The van der Waals surface area contributed by atoms with Gasteiger partial charge in [-0.25, -0.2) is 0 Å². The van der Waals surface area contributed by atoms with Gasteiger partial charge in [0.05, 0.1) is 0 Å². The Hall–Kier alpha value is -0.0800. The van der Waals surface area contributed by atoms with E-state index >= 15 is 0 Å². The van der Waals surface area contributed by atoms with Crippen LogP contribution in [-0.2, 0) is 0 Å². The third-order valence-corrected chi connectivity index (χ3v) is 4.18. The number of hydrogen-bond acceptors (Lipinski definition) is 2. The maximum atomic E-state index is 5.67. The minimum atomic E-state index is 0.874. The normalized spacial score (nSPS) is 30.4. The number of nitrogens with two attached hydrogens (primary N) is 1. The molecule has 2 fully saturated rings. The van der Waals surface area contributed by atoms with E-state index in [1.54, 1.807) is 0 Å². The first kappa shape index (κ1) is 11.4. The van der Waals surface area contributed by atoms with Gasteiger partial charge in [0.1, 0.15) is 0 Å².